The largest absolute Gasteiger partial charge is 0.461 e. The molecular formula is C12H11Cl2N3O2. The molecule has 0 aliphatic rings. The highest BCUT2D eigenvalue weighted by Crippen LogP contribution is 2.23. The van der Waals surface area contributed by atoms with E-state index in [1.165, 1.54) is 0 Å². The lowest BCUT2D eigenvalue weighted by Gasteiger charge is -2.09. The van der Waals surface area contributed by atoms with Crippen molar-refractivity contribution in [1.82, 2.24) is 15.0 Å². The van der Waals surface area contributed by atoms with Crippen LogP contribution in [0.4, 0.5) is 0 Å². The number of hydrogen-bond donors (Lipinski definition) is 0. The second-order valence-electron chi connectivity index (χ2n) is 3.90. The quantitative estimate of drug-likeness (QED) is 0.860. The van der Waals surface area contributed by atoms with Gasteiger partial charge >= 0.3 is 12.0 Å². The molecular weight excluding hydrogens is 289 g/mol. The van der Waals surface area contributed by atoms with Gasteiger partial charge in [-0.25, -0.2) is 0 Å². The monoisotopic (exact) mass is 299 g/mol. The Morgan fingerprint density at radius 3 is 2.47 bits per heavy atom. The molecule has 0 fully saturated rings. The standard InChI is InChI=1S/C12H11Cl2N3O2/c1-7(2)18-11-15-10(14)16-12(17-11)19-9-5-3-4-8(13)6-9/h3-7H,1-2H3. The Hall–Kier alpha value is -1.59. The second-order valence-corrected chi connectivity index (χ2v) is 4.67. The Kier molecular flexibility index (Phi) is 4.39. The second kappa shape index (κ2) is 6.04. The number of benzene rings is 1. The summed E-state index contributed by atoms with van der Waals surface area (Å²) in [6, 6.07) is 7.04. The predicted octanol–water partition coefficient (Wildman–Crippen LogP) is 3.76. The molecule has 2 rings (SSSR count). The van der Waals surface area contributed by atoms with E-state index in [9.17, 15) is 0 Å². The highest BCUT2D eigenvalue weighted by atomic mass is 35.5. The normalized spacial score (nSPS) is 10.6. The number of hydrogen-bond acceptors (Lipinski definition) is 5. The molecule has 1 heterocycles. The van der Waals surface area contributed by atoms with Gasteiger partial charge in [-0.05, 0) is 43.6 Å². The van der Waals surface area contributed by atoms with Gasteiger partial charge in [-0.1, -0.05) is 17.7 Å². The lowest BCUT2D eigenvalue weighted by molar-refractivity contribution is 0.218. The molecule has 0 aliphatic carbocycles. The molecule has 0 atom stereocenters. The summed E-state index contributed by atoms with van der Waals surface area (Å²) in [5.41, 5.74) is 0. The van der Waals surface area contributed by atoms with Crippen molar-refractivity contribution in [3.63, 3.8) is 0 Å². The third-order valence-electron chi connectivity index (χ3n) is 1.91. The molecule has 0 spiro atoms. The van der Waals surface area contributed by atoms with E-state index in [-0.39, 0.29) is 23.4 Å². The smallest absolute Gasteiger partial charge is 0.329 e. The van der Waals surface area contributed by atoms with E-state index in [4.69, 9.17) is 32.7 Å². The van der Waals surface area contributed by atoms with Crippen LogP contribution in [-0.4, -0.2) is 21.1 Å². The summed E-state index contributed by atoms with van der Waals surface area (Å²) < 4.78 is 10.8. The van der Waals surface area contributed by atoms with Crippen LogP contribution in [0.2, 0.25) is 10.3 Å². The first kappa shape index (κ1) is 13.8. The first-order valence-corrected chi connectivity index (χ1v) is 6.30. The zero-order chi connectivity index (χ0) is 13.8. The van der Waals surface area contributed by atoms with Gasteiger partial charge in [-0.15, -0.1) is 4.98 Å². The van der Waals surface area contributed by atoms with Gasteiger partial charge < -0.3 is 9.47 Å². The molecule has 0 aliphatic heterocycles. The molecule has 5 nitrogen and oxygen atoms in total. The van der Waals surface area contributed by atoms with Gasteiger partial charge in [0.2, 0.25) is 5.28 Å². The van der Waals surface area contributed by atoms with Gasteiger partial charge in [0.1, 0.15) is 5.75 Å². The van der Waals surface area contributed by atoms with Crippen LogP contribution in [0.15, 0.2) is 24.3 Å². The fourth-order valence-electron chi connectivity index (χ4n) is 1.26. The Morgan fingerprint density at radius 2 is 1.79 bits per heavy atom. The minimum absolute atomic E-state index is 0.00248. The molecule has 0 radical (unpaired) electrons. The van der Waals surface area contributed by atoms with E-state index >= 15 is 0 Å². The molecule has 2 aromatic rings. The van der Waals surface area contributed by atoms with Crippen molar-refractivity contribution >= 4 is 23.2 Å². The number of aromatic nitrogens is 3. The van der Waals surface area contributed by atoms with Gasteiger partial charge in [0.05, 0.1) is 6.10 Å². The molecule has 1 aromatic heterocycles. The van der Waals surface area contributed by atoms with Crippen LogP contribution < -0.4 is 9.47 Å². The van der Waals surface area contributed by atoms with E-state index in [0.29, 0.717) is 10.8 Å². The highest BCUT2D eigenvalue weighted by Gasteiger charge is 2.09. The van der Waals surface area contributed by atoms with Crippen molar-refractivity contribution in [2.24, 2.45) is 0 Å². The minimum Gasteiger partial charge on any atom is -0.461 e. The summed E-state index contributed by atoms with van der Waals surface area (Å²) in [6.45, 7) is 3.71. The molecule has 0 bridgehead atoms. The minimum atomic E-state index is -0.0718. The van der Waals surface area contributed by atoms with Crippen molar-refractivity contribution in [2.45, 2.75) is 20.0 Å². The molecule has 7 heteroatoms. The maximum absolute atomic E-state index is 5.86. The lowest BCUT2D eigenvalue weighted by atomic mass is 10.3. The molecule has 100 valence electrons. The van der Waals surface area contributed by atoms with Crippen molar-refractivity contribution < 1.29 is 9.47 Å². The fourth-order valence-corrected chi connectivity index (χ4v) is 1.58. The van der Waals surface area contributed by atoms with Gasteiger partial charge in [0.25, 0.3) is 0 Å². The van der Waals surface area contributed by atoms with E-state index in [0.717, 1.165) is 0 Å². The van der Waals surface area contributed by atoms with Crippen molar-refractivity contribution in [1.29, 1.82) is 0 Å². The zero-order valence-corrected chi connectivity index (χ0v) is 11.8. The average Bonchev–Trinajstić information content (AvgIpc) is 2.26. The molecule has 0 N–H and O–H groups in total. The maximum atomic E-state index is 5.86. The maximum Gasteiger partial charge on any atom is 0.329 e. The van der Waals surface area contributed by atoms with E-state index < -0.39 is 0 Å². The number of rotatable bonds is 4. The Labute approximate surface area is 120 Å². The van der Waals surface area contributed by atoms with E-state index in [1.54, 1.807) is 24.3 Å². The van der Waals surface area contributed by atoms with Crippen molar-refractivity contribution in [3.8, 4) is 17.8 Å². The van der Waals surface area contributed by atoms with Gasteiger partial charge in [0.15, 0.2) is 0 Å². The number of halogens is 2. The fraction of sp³-hybridized carbons (Fsp3) is 0.250. The van der Waals surface area contributed by atoms with Crippen LogP contribution in [0, 0.1) is 0 Å². The summed E-state index contributed by atoms with van der Waals surface area (Å²) in [5, 5.41) is 0.555. The molecule has 0 saturated carbocycles. The lowest BCUT2D eigenvalue weighted by Crippen LogP contribution is -2.09. The van der Waals surface area contributed by atoms with E-state index in [2.05, 4.69) is 15.0 Å². The molecule has 1 aromatic carbocycles. The summed E-state index contributed by atoms with van der Waals surface area (Å²) in [4.78, 5) is 11.7. The first-order valence-electron chi connectivity index (χ1n) is 5.54. The van der Waals surface area contributed by atoms with Crippen LogP contribution in [0.1, 0.15) is 13.8 Å². The van der Waals surface area contributed by atoms with Crippen molar-refractivity contribution in [3.05, 3.63) is 34.6 Å². The van der Waals surface area contributed by atoms with Crippen LogP contribution >= 0.6 is 23.2 Å². The molecule has 0 saturated heterocycles. The van der Waals surface area contributed by atoms with Crippen LogP contribution in [0.3, 0.4) is 0 Å². The van der Waals surface area contributed by atoms with Crippen LogP contribution in [0.5, 0.6) is 17.8 Å². The number of ether oxygens (including phenoxy) is 2. The van der Waals surface area contributed by atoms with Crippen LogP contribution in [0.25, 0.3) is 0 Å². The third-order valence-corrected chi connectivity index (χ3v) is 2.32. The number of nitrogens with zero attached hydrogens (tertiary/aromatic N) is 3. The summed E-state index contributed by atoms with van der Waals surface area (Å²) in [6.07, 6.45) is -0.0718. The van der Waals surface area contributed by atoms with Gasteiger partial charge in [0, 0.05) is 5.02 Å². The molecule has 19 heavy (non-hydrogen) atoms. The Balaban J connectivity index is 2.22. The van der Waals surface area contributed by atoms with Crippen molar-refractivity contribution in [2.75, 3.05) is 0 Å². The zero-order valence-electron chi connectivity index (χ0n) is 10.3. The van der Waals surface area contributed by atoms with E-state index in [1.807, 2.05) is 13.8 Å². The predicted molar refractivity (Wildman–Crippen MR) is 72.1 cm³/mol. The first-order chi connectivity index (χ1) is 9.02. The summed E-state index contributed by atoms with van der Waals surface area (Å²) in [5.74, 6) is 0.505. The van der Waals surface area contributed by atoms with Crippen LogP contribution in [-0.2, 0) is 0 Å². The van der Waals surface area contributed by atoms with Gasteiger partial charge in [-0.3, -0.25) is 0 Å². The molecule has 0 amide bonds. The topological polar surface area (TPSA) is 57.1 Å². The molecule has 0 unspecified atom stereocenters. The summed E-state index contributed by atoms with van der Waals surface area (Å²) >= 11 is 11.6. The Morgan fingerprint density at radius 1 is 1.05 bits per heavy atom. The third kappa shape index (κ3) is 4.22. The van der Waals surface area contributed by atoms with Gasteiger partial charge in [-0.2, -0.15) is 9.97 Å². The highest BCUT2D eigenvalue weighted by molar-refractivity contribution is 6.30. The Bertz CT molecular complexity index is 579. The average molecular weight is 300 g/mol. The summed E-state index contributed by atoms with van der Waals surface area (Å²) in [7, 11) is 0. The SMILES string of the molecule is CC(C)Oc1nc(Cl)nc(Oc2cccc(Cl)c2)n1.